The van der Waals surface area contributed by atoms with Crippen molar-refractivity contribution in [3.63, 3.8) is 0 Å². The van der Waals surface area contributed by atoms with Gasteiger partial charge in [-0.1, -0.05) is 43.3 Å². The van der Waals surface area contributed by atoms with Crippen LogP contribution in [0.3, 0.4) is 0 Å². The fourth-order valence-corrected chi connectivity index (χ4v) is 2.63. The molecule has 1 aromatic heterocycles. The third-order valence-electron chi connectivity index (χ3n) is 4.15. The highest BCUT2D eigenvalue weighted by atomic mass is 16.6. The number of aryl methyl sites for hydroxylation is 1. The van der Waals surface area contributed by atoms with Crippen LogP contribution in [0.15, 0.2) is 47.0 Å². The monoisotopic (exact) mass is 396 g/mol. The van der Waals surface area contributed by atoms with Crippen molar-refractivity contribution in [2.75, 3.05) is 13.7 Å². The highest BCUT2D eigenvalue weighted by molar-refractivity contribution is 5.90. The van der Waals surface area contributed by atoms with Gasteiger partial charge in [-0.3, -0.25) is 0 Å². The summed E-state index contributed by atoms with van der Waals surface area (Å²) in [5, 5.41) is 3.96. The topological polar surface area (TPSA) is 83.7 Å². The molecule has 2 aromatic carbocycles. The molecular formula is C22H24N2O5. The van der Waals surface area contributed by atoms with E-state index in [-0.39, 0.29) is 12.5 Å². The van der Waals surface area contributed by atoms with E-state index in [1.165, 1.54) is 7.11 Å². The second-order valence-corrected chi connectivity index (χ2v) is 6.97. The van der Waals surface area contributed by atoms with Crippen LogP contribution in [0.4, 0.5) is 0 Å². The Balaban J connectivity index is 1.64. The Hall–Kier alpha value is -3.35. The van der Waals surface area contributed by atoms with Crippen molar-refractivity contribution in [3.8, 4) is 22.9 Å². The van der Waals surface area contributed by atoms with E-state index in [0.717, 1.165) is 11.1 Å². The zero-order valence-electron chi connectivity index (χ0n) is 17.0. The average molecular weight is 396 g/mol. The molecule has 0 aliphatic heterocycles. The van der Waals surface area contributed by atoms with Crippen molar-refractivity contribution in [1.29, 1.82) is 0 Å². The Kier molecular flexibility index (Phi) is 6.49. The first-order chi connectivity index (χ1) is 14.0. The predicted molar refractivity (Wildman–Crippen MR) is 107 cm³/mol. The van der Waals surface area contributed by atoms with Crippen molar-refractivity contribution in [2.45, 2.75) is 27.4 Å². The first kappa shape index (κ1) is 20.4. The summed E-state index contributed by atoms with van der Waals surface area (Å²) in [6, 6.07) is 12.6. The maximum atomic E-state index is 12.4. The number of carbonyl (C=O) groups excluding carboxylic acids is 1. The van der Waals surface area contributed by atoms with Crippen LogP contribution in [0.5, 0.6) is 11.5 Å². The number of hydrogen-bond acceptors (Lipinski definition) is 7. The van der Waals surface area contributed by atoms with Gasteiger partial charge in [0.1, 0.15) is 0 Å². The van der Waals surface area contributed by atoms with E-state index >= 15 is 0 Å². The van der Waals surface area contributed by atoms with Crippen LogP contribution in [0.2, 0.25) is 0 Å². The summed E-state index contributed by atoms with van der Waals surface area (Å²) in [6.07, 6.45) is 0. The lowest BCUT2D eigenvalue weighted by molar-refractivity contribution is 0.0429. The number of nitrogens with zero attached hydrogens (tertiary/aromatic N) is 2. The number of esters is 1. The van der Waals surface area contributed by atoms with Crippen LogP contribution in [0.25, 0.3) is 11.4 Å². The SMILES string of the molecule is COc1cc(C(=O)OCc2nc(-c3ccccc3C)no2)ccc1OCC(C)C. The molecule has 0 aliphatic rings. The standard InChI is InChI=1S/C22H24N2O5/c1-14(2)12-27-18-10-9-16(11-19(18)26-4)22(25)28-13-20-23-21(24-29-20)17-8-6-5-7-15(17)3/h5-11,14H,12-13H2,1-4H3. The van der Waals surface area contributed by atoms with E-state index in [1.54, 1.807) is 18.2 Å². The molecule has 0 N–H and O–H groups in total. The Morgan fingerprint density at radius 1 is 1.14 bits per heavy atom. The van der Waals surface area contributed by atoms with Gasteiger partial charge in [-0.15, -0.1) is 0 Å². The van der Waals surface area contributed by atoms with Crippen LogP contribution in [0, 0.1) is 12.8 Å². The molecule has 0 saturated heterocycles. The second kappa shape index (κ2) is 9.23. The van der Waals surface area contributed by atoms with E-state index in [1.807, 2.05) is 31.2 Å². The van der Waals surface area contributed by atoms with E-state index in [2.05, 4.69) is 24.0 Å². The number of benzene rings is 2. The molecular weight excluding hydrogens is 372 g/mol. The van der Waals surface area contributed by atoms with Gasteiger partial charge in [-0.25, -0.2) is 4.79 Å². The highest BCUT2D eigenvalue weighted by Crippen LogP contribution is 2.29. The van der Waals surface area contributed by atoms with Gasteiger partial charge in [0, 0.05) is 5.56 Å². The number of carbonyl (C=O) groups is 1. The van der Waals surface area contributed by atoms with Crippen molar-refractivity contribution in [2.24, 2.45) is 5.92 Å². The Morgan fingerprint density at radius 2 is 1.93 bits per heavy atom. The third-order valence-corrected chi connectivity index (χ3v) is 4.15. The summed E-state index contributed by atoms with van der Waals surface area (Å²) >= 11 is 0. The fourth-order valence-electron chi connectivity index (χ4n) is 2.63. The lowest BCUT2D eigenvalue weighted by Crippen LogP contribution is -2.08. The van der Waals surface area contributed by atoms with Gasteiger partial charge >= 0.3 is 5.97 Å². The summed E-state index contributed by atoms with van der Waals surface area (Å²) < 4.78 is 21.5. The molecule has 0 atom stereocenters. The fraction of sp³-hybridized carbons (Fsp3) is 0.318. The Morgan fingerprint density at radius 3 is 2.66 bits per heavy atom. The average Bonchev–Trinajstić information content (AvgIpc) is 3.19. The minimum atomic E-state index is -0.519. The number of ether oxygens (including phenoxy) is 3. The van der Waals surface area contributed by atoms with Gasteiger partial charge in [0.15, 0.2) is 18.1 Å². The van der Waals surface area contributed by atoms with Gasteiger partial charge in [0.25, 0.3) is 5.89 Å². The molecule has 0 bridgehead atoms. The molecule has 7 heteroatoms. The maximum absolute atomic E-state index is 12.4. The van der Waals surface area contributed by atoms with Gasteiger partial charge in [-0.2, -0.15) is 4.98 Å². The van der Waals surface area contributed by atoms with Gasteiger partial charge in [0.05, 0.1) is 19.3 Å². The van der Waals surface area contributed by atoms with E-state index < -0.39 is 5.97 Å². The predicted octanol–water partition coefficient (Wildman–Crippen LogP) is 4.45. The van der Waals surface area contributed by atoms with E-state index in [0.29, 0.717) is 35.4 Å². The van der Waals surface area contributed by atoms with E-state index in [9.17, 15) is 4.79 Å². The molecule has 152 valence electrons. The molecule has 0 unspecified atom stereocenters. The molecule has 0 fully saturated rings. The zero-order valence-corrected chi connectivity index (χ0v) is 17.0. The molecule has 7 nitrogen and oxygen atoms in total. The maximum Gasteiger partial charge on any atom is 0.338 e. The Bertz CT molecular complexity index is 981. The molecule has 0 aliphatic carbocycles. The molecule has 1 heterocycles. The number of hydrogen-bond donors (Lipinski definition) is 0. The van der Waals surface area contributed by atoms with Crippen molar-refractivity contribution < 1.29 is 23.5 Å². The van der Waals surface area contributed by atoms with Crippen LogP contribution < -0.4 is 9.47 Å². The van der Waals surface area contributed by atoms with Crippen molar-refractivity contribution in [3.05, 3.63) is 59.5 Å². The molecule has 29 heavy (non-hydrogen) atoms. The van der Waals surface area contributed by atoms with E-state index in [4.69, 9.17) is 18.7 Å². The number of rotatable bonds is 8. The first-order valence-corrected chi connectivity index (χ1v) is 9.34. The third kappa shape index (κ3) is 5.13. The number of aromatic nitrogens is 2. The first-order valence-electron chi connectivity index (χ1n) is 9.34. The summed E-state index contributed by atoms with van der Waals surface area (Å²) in [5.74, 6) is 1.60. The minimum Gasteiger partial charge on any atom is -0.493 e. The molecule has 3 rings (SSSR count). The zero-order chi connectivity index (χ0) is 20.8. The van der Waals surface area contributed by atoms with Crippen LogP contribution in [-0.4, -0.2) is 29.8 Å². The largest absolute Gasteiger partial charge is 0.493 e. The van der Waals surface area contributed by atoms with Gasteiger partial charge < -0.3 is 18.7 Å². The molecule has 0 saturated carbocycles. The molecule has 0 amide bonds. The highest BCUT2D eigenvalue weighted by Gasteiger charge is 2.16. The smallest absolute Gasteiger partial charge is 0.338 e. The Labute approximate surface area is 169 Å². The summed E-state index contributed by atoms with van der Waals surface area (Å²) in [7, 11) is 1.53. The second-order valence-electron chi connectivity index (χ2n) is 6.97. The molecule has 0 spiro atoms. The lowest BCUT2D eigenvalue weighted by atomic mass is 10.1. The normalized spacial score (nSPS) is 10.8. The number of methoxy groups -OCH3 is 1. The van der Waals surface area contributed by atoms with Crippen molar-refractivity contribution in [1.82, 2.24) is 10.1 Å². The van der Waals surface area contributed by atoms with Crippen LogP contribution in [0.1, 0.15) is 35.7 Å². The quantitative estimate of drug-likeness (QED) is 0.520. The lowest BCUT2D eigenvalue weighted by Gasteiger charge is -2.13. The van der Waals surface area contributed by atoms with Crippen molar-refractivity contribution >= 4 is 5.97 Å². The summed E-state index contributed by atoms with van der Waals surface area (Å²) in [6.45, 7) is 6.51. The van der Waals surface area contributed by atoms with Gasteiger partial charge in [0.2, 0.25) is 5.82 Å². The van der Waals surface area contributed by atoms with Gasteiger partial charge in [-0.05, 0) is 36.6 Å². The van der Waals surface area contributed by atoms with Crippen LogP contribution >= 0.6 is 0 Å². The summed E-state index contributed by atoms with van der Waals surface area (Å²) in [5.41, 5.74) is 2.25. The summed E-state index contributed by atoms with van der Waals surface area (Å²) in [4.78, 5) is 16.7. The molecule has 0 radical (unpaired) electrons. The minimum absolute atomic E-state index is 0.119. The van der Waals surface area contributed by atoms with Crippen LogP contribution in [-0.2, 0) is 11.3 Å². The molecule has 3 aromatic rings.